The van der Waals surface area contributed by atoms with Gasteiger partial charge in [0.1, 0.15) is 21.5 Å². The third-order valence-corrected chi connectivity index (χ3v) is 4.94. The molecule has 0 fully saturated rings. The van der Waals surface area contributed by atoms with Crippen LogP contribution in [0.5, 0.6) is 5.75 Å². The van der Waals surface area contributed by atoms with E-state index in [4.69, 9.17) is 4.74 Å². The largest absolute Gasteiger partial charge is 0.507 e. The zero-order chi connectivity index (χ0) is 17.4. The van der Waals surface area contributed by atoms with E-state index in [0.717, 1.165) is 5.56 Å². The second-order valence-electron chi connectivity index (χ2n) is 5.44. The molecule has 3 rings (SSSR count). The van der Waals surface area contributed by atoms with Crippen LogP contribution in [0.15, 0.2) is 24.3 Å². The summed E-state index contributed by atoms with van der Waals surface area (Å²) in [5.41, 5.74) is 1.91. The molecule has 124 valence electrons. The van der Waals surface area contributed by atoms with E-state index in [1.54, 1.807) is 32.0 Å². The quantitative estimate of drug-likeness (QED) is 0.705. The Labute approximate surface area is 142 Å². The molecule has 1 heterocycles. The molecule has 0 aliphatic heterocycles. The first-order valence-corrected chi connectivity index (χ1v) is 8.30. The first kappa shape index (κ1) is 16.4. The molecule has 0 bridgehead atoms. The standard InChI is InChI=1S/C18H16FNO3S/c1-4-23-18(22)16-10(3)20-17(24-16)11-7-12-13(19)6-5-9(2)15(12)14(21)8-11/h5-8,21H,4H2,1-3H3. The summed E-state index contributed by atoms with van der Waals surface area (Å²) in [7, 11) is 0. The number of rotatable bonds is 3. The number of hydrogen-bond donors (Lipinski definition) is 1. The zero-order valence-electron chi connectivity index (χ0n) is 13.5. The average molecular weight is 345 g/mol. The van der Waals surface area contributed by atoms with Gasteiger partial charge in [-0.3, -0.25) is 0 Å². The van der Waals surface area contributed by atoms with Crippen molar-refractivity contribution in [3.8, 4) is 16.3 Å². The van der Waals surface area contributed by atoms with E-state index in [9.17, 15) is 14.3 Å². The smallest absolute Gasteiger partial charge is 0.350 e. The Morgan fingerprint density at radius 3 is 2.79 bits per heavy atom. The molecule has 0 aliphatic carbocycles. The number of aryl methyl sites for hydroxylation is 2. The fourth-order valence-electron chi connectivity index (χ4n) is 2.63. The maximum absolute atomic E-state index is 14.2. The van der Waals surface area contributed by atoms with Crippen molar-refractivity contribution >= 4 is 28.1 Å². The van der Waals surface area contributed by atoms with Crippen LogP contribution < -0.4 is 0 Å². The Bertz CT molecular complexity index is 949. The van der Waals surface area contributed by atoms with E-state index < -0.39 is 11.8 Å². The fraction of sp³-hybridized carbons (Fsp3) is 0.222. The maximum Gasteiger partial charge on any atom is 0.350 e. The first-order valence-electron chi connectivity index (χ1n) is 7.49. The second kappa shape index (κ2) is 6.20. The van der Waals surface area contributed by atoms with Crippen molar-refractivity contribution in [2.45, 2.75) is 20.8 Å². The van der Waals surface area contributed by atoms with Crippen LogP contribution in [0.4, 0.5) is 4.39 Å². The lowest BCUT2D eigenvalue weighted by atomic mass is 10.0. The van der Waals surface area contributed by atoms with Crippen molar-refractivity contribution in [2.75, 3.05) is 6.61 Å². The molecule has 0 amide bonds. The molecule has 4 nitrogen and oxygen atoms in total. The highest BCUT2D eigenvalue weighted by Gasteiger charge is 2.19. The van der Waals surface area contributed by atoms with Crippen molar-refractivity contribution in [3.05, 3.63) is 46.2 Å². The second-order valence-corrected chi connectivity index (χ2v) is 6.44. The number of aromatic hydroxyl groups is 1. The van der Waals surface area contributed by atoms with Gasteiger partial charge >= 0.3 is 5.97 Å². The molecule has 1 aromatic heterocycles. The number of halogens is 1. The van der Waals surface area contributed by atoms with Gasteiger partial charge in [0, 0.05) is 16.3 Å². The number of hydrogen-bond acceptors (Lipinski definition) is 5. The number of aromatic nitrogens is 1. The Morgan fingerprint density at radius 2 is 2.08 bits per heavy atom. The Balaban J connectivity index is 2.16. The number of thiazole rings is 1. The van der Waals surface area contributed by atoms with Crippen molar-refractivity contribution in [1.82, 2.24) is 4.98 Å². The average Bonchev–Trinajstić information content (AvgIpc) is 2.93. The highest BCUT2D eigenvalue weighted by molar-refractivity contribution is 7.17. The van der Waals surface area contributed by atoms with Gasteiger partial charge in [0.2, 0.25) is 0 Å². The molecule has 6 heteroatoms. The topological polar surface area (TPSA) is 59.4 Å². The van der Waals surface area contributed by atoms with Gasteiger partial charge in [-0.15, -0.1) is 11.3 Å². The van der Waals surface area contributed by atoms with E-state index in [0.29, 0.717) is 31.9 Å². The zero-order valence-corrected chi connectivity index (χ0v) is 14.3. The molecule has 0 aliphatic rings. The van der Waals surface area contributed by atoms with Gasteiger partial charge in [0.05, 0.1) is 12.3 Å². The Hall–Kier alpha value is -2.47. The summed E-state index contributed by atoms with van der Waals surface area (Å²) in [6, 6.07) is 6.19. The van der Waals surface area contributed by atoms with Crippen LogP contribution in [0, 0.1) is 19.7 Å². The number of ether oxygens (including phenoxy) is 1. The summed E-state index contributed by atoms with van der Waals surface area (Å²) in [6.07, 6.45) is 0. The number of nitrogens with zero attached hydrogens (tertiary/aromatic N) is 1. The molecular formula is C18H16FNO3S. The van der Waals surface area contributed by atoms with Crippen LogP contribution in [-0.4, -0.2) is 22.7 Å². The van der Waals surface area contributed by atoms with Crippen LogP contribution in [0.2, 0.25) is 0 Å². The van der Waals surface area contributed by atoms with Crippen LogP contribution in [-0.2, 0) is 4.74 Å². The number of phenolic OH excluding ortho intramolecular Hbond substituents is 1. The number of benzene rings is 2. The lowest BCUT2D eigenvalue weighted by Gasteiger charge is -2.08. The van der Waals surface area contributed by atoms with Gasteiger partial charge in [0.25, 0.3) is 0 Å². The molecule has 0 atom stereocenters. The minimum Gasteiger partial charge on any atom is -0.507 e. The number of carbonyl (C=O) groups is 1. The van der Waals surface area contributed by atoms with E-state index in [-0.39, 0.29) is 12.4 Å². The third kappa shape index (κ3) is 2.73. The van der Waals surface area contributed by atoms with Gasteiger partial charge in [0.15, 0.2) is 0 Å². The summed E-state index contributed by atoms with van der Waals surface area (Å²) < 4.78 is 19.2. The Kier molecular flexibility index (Phi) is 4.24. The van der Waals surface area contributed by atoms with Crippen LogP contribution >= 0.6 is 11.3 Å². The summed E-state index contributed by atoms with van der Waals surface area (Å²) in [6.45, 7) is 5.56. The molecular weight excluding hydrogens is 329 g/mol. The fourth-order valence-corrected chi connectivity index (χ4v) is 3.58. The third-order valence-electron chi connectivity index (χ3n) is 3.75. The van der Waals surface area contributed by atoms with Crippen molar-refractivity contribution in [3.63, 3.8) is 0 Å². The van der Waals surface area contributed by atoms with Gasteiger partial charge in [-0.1, -0.05) is 6.07 Å². The molecule has 2 aromatic carbocycles. The summed E-state index contributed by atoms with van der Waals surface area (Å²) in [4.78, 5) is 16.7. The van der Waals surface area contributed by atoms with E-state index in [1.165, 1.54) is 17.4 Å². The SMILES string of the molecule is CCOC(=O)c1sc(-c2cc(O)c3c(C)ccc(F)c3c2)nc1C. The molecule has 24 heavy (non-hydrogen) atoms. The molecule has 0 saturated carbocycles. The number of fused-ring (bicyclic) bond motifs is 1. The summed E-state index contributed by atoms with van der Waals surface area (Å²) in [5, 5.41) is 11.7. The molecule has 0 saturated heterocycles. The van der Waals surface area contributed by atoms with Crippen LogP contribution in [0.1, 0.15) is 27.9 Å². The minimum absolute atomic E-state index is 0.00922. The highest BCUT2D eigenvalue weighted by Crippen LogP contribution is 2.37. The van der Waals surface area contributed by atoms with Crippen molar-refractivity contribution in [1.29, 1.82) is 0 Å². The molecule has 3 aromatic rings. The lowest BCUT2D eigenvalue weighted by molar-refractivity contribution is 0.0531. The Morgan fingerprint density at radius 1 is 1.33 bits per heavy atom. The van der Waals surface area contributed by atoms with Gasteiger partial charge < -0.3 is 9.84 Å². The van der Waals surface area contributed by atoms with Crippen LogP contribution in [0.25, 0.3) is 21.3 Å². The van der Waals surface area contributed by atoms with Crippen molar-refractivity contribution < 1.29 is 19.0 Å². The molecule has 1 N–H and O–H groups in total. The first-order chi connectivity index (χ1) is 11.4. The maximum atomic E-state index is 14.2. The van der Waals surface area contributed by atoms with Crippen LogP contribution in [0.3, 0.4) is 0 Å². The number of carbonyl (C=O) groups excluding carboxylic acids is 1. The van der Waals surface area contributed by atoms with E-state index >= 15 is 0 Å². The summed E-state index contributed by atoms with van der Waals surface area (Å²) >= 11 is 1.17. The van der Waals surface area contributed by atoms with Gasteiger partial charge in [-0.2, -0.15) is 0 Å². The lowest BCUT2D eigenvalue weighted by Crippen LogP contribution is -2.03. The predicted molar refractivity (Wildman–Crippen MR) is 92.1 cm³/mol. The monoisotopic (exact) mass is 345 g/mol. The summed E-state index contributed by atoms with van der Waals surface area (Å²) in [5.74, 6) is -0.845. The number of phenols is 1. The normalized spacial score (nSPS) is 11.0. The van der Waals surface area contributed by atoms with Crippen molar-refractivity contribution in [2.24, 2.45) is 0 Å². The minimum atomic E-state index is -0.425. The molecule has 0 spiro atoms. The predicted octanol–water partition coefficient (Wildman–Crippen LogP) is 4.60. The molecule has 0 unspecified atom stereocenters. The van der Waals surface area contributed by atoms with E-state index in [1.807, 2.05) is 6.92 Å². The van der Waals surface area contributed by atoms with Gasteiger partial charge in [-0.05, 0) is 44.5 Å². The van der Waals surface area contributed by atoms with E-state index in [2.05, 4.69) is 4.98 Å². The number of esters is 1. The highest BCUT2D eigenvalue weighted by atomic mass is 32.1. The van der Waals surface area contributed by atoms with Gasteiger partial charge in [-0.25, -0.2) is 14.2 Å². The molecule has 0 radical (unpaired) electrons.